The molecule has 4 heteroatoms. The molecule has 0 aliphatic heterocycles. The molecule has 1 rings (SSSR count). The minimum Gasteiger partial charge on any atom is -0.444 e. The molecule has 1 amide bonds. The predicted molar refractivity (Wildman–Crippen MR) is 84.7 cm³/mol. The van der Waals surface area contributed by atoms with Gasteiger partial charge >= 0.3 is 6.09 Å². The number of nitrogens with zero attached hydrogens (tertiary/aromatic N) is 1. The van der Waals surface area contributed by atoms with Gasteiger partial charge in [0, 0.05) is 0 Å². The molecule has 0 bridgehead atoms. The van der Waals surface area contributed by atoms with Crippen LogP contribution in [-0.2, 0) is 9.57 Å². The number of hydrogen-bond donors (Lipinski definition) is 0. The largest absolute Gasteiger partial charge is 0.444 e. The molecule has 0 atom stereocenters. The molecule has 0 aliphatic carbocycles. The van der Waals surface area contributed by atoms with E-state index in [-0.39, 0.29) is 0 Å². The smallest absolute Gasteiger partial charge is 0.438 e. The number of hydroxylamine groups is 1. The average Bonchev–Trinajstić information content (AvgIpc) is 2.53. The Morgan fingerprint density at radius 3 is 2.29 bits per heavy atom. The summed E-state index contributed by atoms with van der Waals surface area (Å²) in [6.45, 7) is 2.71. The van der Waals surface area contributed by atoms with Gasteiger partial charge in [0.25, 0.3) is 0 Å². The number of benzene rings is 1. The average molecular weight is 292 g/mol. The van der Waals surface area contributed by atoms with Crippen molar-refractivity contribution in [2.45, 2.75) is 51.9 Å². The van der Waals surface area contributed by atoms with Crippen molar-refractivity contribution in [1.82, 2.24) is 0 Å². The Morgan fingerprint density at radius 1 is 1.05 bits per heavy atom. The molecule has 0 spiro atoms. The number of rotatable bonds is 10. The molecule has 1 radical (unpaired) electrons. The fraction of sp³-hybridized carbons (Fsp3) is 0.529. The highest BCUT2D eigenvalue weighted by molar-refractivity contribution is 5.85. The summed E-state index contributed by atoms with van der Waals surface area (Å²) < 4.78 is 4.50. The zero-order valence-electron chi connectivity index (χ0n) is 12.9. The minimum atomic E-state index is -0.607. The van der Waals surface area contributed by atoms with E-state index in [0.717, 1.165) is 17.9 Å². The van der Waals surface area contributed by atoms with Crippen LogP contribution in [0.4, 0.5) is 10.5 Å². The van der Waals surface area contributed by atoms with Crippen molar-refractivity contribution in [1.29, 1.82) is 0 Å². The van der Waals surface area contributed by atoms with E-state index < -0.39 is 6.09 Å². The maximum absolute atomic E-state index is 11.7. The molecule has 4 nitrogen and oxygen atoms in total. The van der Waals surface area contributed by atoms with Crippen molar-refractivity contribution in [2.24, 2.45) is 0 Å². The topological polar surface area (TPSA) is 38.8 Å². The van der Waals surface area contributed by atoms with E-state index >= 15 is 0 Å². The second-order valence-electron chi connectivity index (χ2n) is 4.99. The number of hydrogen-bond acceptors (Lipinski definition) is 3. The Labute approximate surface area is 128 Å². The van der Waals surface area contributed by atoms with Crippen molar-refractivity contribution in [3.05, 3.63) is 37.4 Å². The summed E-state index contributed by atoms with van der Waals surface area (Å²) in [5.74, 6) is 0. The molecule has 0 aliphatic rings. The van der Waals surface area contributed by atoms with Crippen LogP contribution in [-0.4, -0.2) is 12.7 Å². The highest BCUT2D eigenvalue weighted by atomic mass is 16.7. The predicted octanol–water partition coefficient (Wildman–Crippen LogP) is 5.10. The summed E-state index contributed by atoms with van der Waals surface area (Å²) in [5.41, 5.74) is 0.647. The van der Waals surface area contributed by atoms with Gasteiger partial charge in [0.1, 0.15) is 7.11 Å². The van der Waals surface area contributed by atoms with E-state index in [9.17, 15) is 4.79 Å². The monoisotopic (exact) mass is 292 g/mol. The number of para-hydroxylation sites is 1. The molecule has 0 fully saturated rings. The first-order valence-corrected chi connectivity index (χ1v) is 7.73. The molecule has 21 heavy (non-hydrogen) atoms. The van der Waals surface area contributed by atoms with Gasteiger partial charge in [0.05, 0.1) is 12.3 Å². The lowest BCUT2D eigenvalue weighted by Gasteiger charge is -2.20. The SMILES string of the molecule is [CH2]OC(=O)N(OCCCCCCCCC)c1ccccc1. The van der Waals surface area contributed by atoms with Gasteiger partial charge < -0.3 is 4.74 Å². The summed E-state index contributed by atoms with van der Waals surface area (Å²) in [6, 6.07) is 9.16. The van der Waals surface area contributed by atoms with Crippen LogP contribution in [0.3, 0.4) is 0 Å². The van der Waals surface area contributed by atoms with Crippen LogP contribution in [0.25, 0.3) is 0 Å². The van der Waals surface area contributed by atoms with Crippen LogP contribution in [0.1, 0.15) is 51.9 Å². The highest BCUT2D eigenvalue weighted by Gasteiger charge is 2.16. The van der Waals surface area contributed by atoms with E-state index in [1.54, 1.807) is 12.1 Å². The van der Waals surface area contributed by atoms with Gasteiger partial charge in [-0.15, -0.1) is 0 Å². The number of ether oxygens (including phenoxy) is 1. The lowest BCUT2D eigenvalue weighted by Crippen LogP contribution is -2.30. The Kier molecular flexibility index (Phi) is 9.29. The number of unbranched alkanes of at least 4 members (excludes halogenated alkanes) is 6. The molecule has 0 saturated heterocycles. The highest BCUT2D eigenvalue weighted by Crippen LogP contribution is 2.15. The molecule has 1 aromatic rings. The van der Waals surface area contributed by atoms with Gasteiger partial charge in [0.15, 0.2) is 0 Å². The van der Waals surface area contributed by atoms with Crippen molar-refractivity contribution in [3.8, 4) is 0 Å². The van der Waals surface area contributed by atoms with Gasteiger partial charge in [-0.05, 0) is 18.6 Å². The van der Waals surface area contributed by atoms with E-state index in [0.29, 0.717) is 12.3 Å². The summed E-state index contributed by atoms with van der Waals surface area (Å²) in [6.07, 6.45) is 7.82. The third kappa shape index (κ3) is 7.14. The van der Waals surface area contributed by atoms with Crippen LogP contribution in [0, 0.1) is 7.11 Å². The number of carbonyl (C=O) groups excluding carboxylic acids is 1. The number of anilines is 1. The zero-order chi connectivity index (χ0) is 15.3. The lowest BCUT2D eigenvalue weighted by atomic mass is 10.1. The fourth-order valence-electron chi connectivity index (χ4n) is 2.07. The van der Waals surface area contributed by atoms with Gasteiger partial charge in [-0.1, -0.05) is 63.6 Å². The second kappa shape index (κ2) is 11.1. The van der Waals surface area contributed by atoms with E-state index in [4.69, 9.17) is 4.84 Å². The standard InChI is InChI=1S/C17H26NO3/c1-3-4-5-6-7-8-12-15-21-18(17(19)20-2)16-13-10-9-11-14-16/h9-11,13-14H,2-8,12,15H2,1H3. The molecule has 1 aromatic carbocycles. The molecule has 0 heterocycles. The molecular formula is C17H26NO3. The van der Waals surface area contributed by atoms with Crippen molar-refractivity contribution < 1.29 is 14.4 Å². The van der Waals surface area contributed by atoms with Gasteiger partial charge in [-0.3, -0.25) is 4.84 Å². The minimum absolute atomic E-state index is 0.498. The quantitative estimate of drug-likeness (QED) is 0.444. The molecule has 117 valence electrons. The number of carbonyl (C=O) groups is 1. The third-order valence-corrected chi connectivity index (χ3v) is 3.25. The normalized spacial score (nSPS) is 10.4. The van der Waals surface area contributed by atoms with Crippen LogP contribution in [0.5, 0.6) is 0 Å². The van der Waals surface area contributed by atoms with Crippen LogP contribution >= 0.6 is 0 Å². The van der Waals surface area contributed by atoms with Crippen LogP contribution < -0.4 is 5.06 Å². The zero-order valence-corrected chi connectivity index (χ0v) is 12.9. The summed E-state index contributed by atoms with van der Waals surface area (Å²) in [5, 5.41) is 1.16. The van der Waals surface area contributed by atoms with Crippen LogP contribution in [0.2, 0.25) is 0 Å². The Morgan fingerprint density at radius 2 is 1.67 bits per heavy atom. The van der Waals surface area contributed by atoms with E-state index in [2.05, 4.69) is 18.8 Å². The first-order chi connectivity index (χ1) is 10.3. The first kappa shape index (κ1) is 17.5. The Balaban J connectivity index is 2.27. The van der Waals surface area contributed by atoms with Crippen molar-refractivity contribution in [2.75, 3.05) is 11.7 Å². The molecule has 0 saturated carbocycles. The molecule has 0 unspecified atom stereocenters. The second-order valence-corrected chi connectivity index (χ2v) is 4.99. The van der Waals surface area contributed by atoms with Gasteiger partial charge in [-0.2, -0.15) is 5.06 Å². The van der Waals surface area contributed by atoms with Crippen molar-refractivity contribution >= 4 is 11.8 Å². The molecular weight excluding hydrogens is 266 g/mol. The van der Waals surface area contributed by atoms with Gasteiger partial charge in [-0.25, -0.2) is 4.79 Å². The summed E-state index contributed by atoms with van der Waals surface area (Å²) >= 11 is 0. The first-order valence-electron chi connectivity index (χ1n) is 7.73. The lowest BCUT2D eigenvalue weighted by molar-refractivity contribution is 0.0882. The van der Waals surface area contributed by atoms with Gasteiger partial charge in [0.2, 0.25) is 0 Å². The summed E-state index contributed by atoms with van der Waals surface area (Å²) in [4.78, 5) is 17.2. The Bertz CT molecular complexity index is 381. The molecule has 0 N–H and O–H groups in total. The maximum Gasteiger partial charge on any atom is 0.438 e. The van der Waals surface area contributed by atoms with E-state index in [1.165, 1.54) is 32.1 Å². The fourth-order valence-corrected chi connectivity index (χ4v) is 2.07. The number of amides is 1. The van der Waals surface area contributed by atoms with E-state index in [1.807, 2.05) is 18.2 Å². The Hall–Kier alpha value is -1.55. The van der Waals surface area contributed by atoms with Crippen molar-refractivity contribution in [3.63, 3.8) is 0 Å². The third-order valence-electron chi connectivity index (χ3n) is 3.25. The summed E-state index contributed by atoms with van der Waals surface area (Å²) in [7, 11) is 3.15. The maximum atomic E-state index is 11.7. The van der Waals surface area contributed by atoms with Crippen LogP contribution in [0.15, 0.2) is 30.3 Å². The molecule has 0 aromatic heterocycles.